The molecule has 2 N–H and O–H groups in total. The molecule has 10 nitrogen and oxygen atoms in total. The van der Waals surface area contributed by atoms with Crippen molar-refractivity contribution in [2.45, 2.75) is 38.3 Å². The summed E-state index contributed by atoms with van der Waals surface area (Å²) in [4.78, 5) is 29.5. The number of ether oxygens (including phenoxy) is 1. The maximum Gasteiger partial charge on any atom is 0.252 e. The number of benzene rings is 2. The van der Waals surface area contributed by atoms with Crippen LogP contribution in [0.3, 0.4) is 0 Å². The Hall–Kier alpha value is -4.75. The smallest absolute Gasteiger partial charge is 0.252 e. The van der Waals surface area contributed by atoms with Crippen LogP contribution in [0.1, 0.15) is 32.7 Å². The molecule has 5 rings (SSSR count). The molecule has 10 heteroatoms. The van der Waals surface area contributed by atoms with Crippen molar-refractivity contribution in [2.75, 3.05) is 32.9 Å². The molecule has 3 heterocycles. The molecule has 1 atom stereocenters. The van der Waals surface area contributed by atoms with E-state index in [1.807, 2.05) is 92.1 Å². The number of nitrogens with zero attached hydrogens (tertiary/aromatic N) is 7. The van der Waals surface area contributed by atoms with Crippen molar-refractivity contribution >= 4 is 22.8 Å². The molecule has 0 aliphatic carbocycles. The molecule has 210 valence electrons. The number of hydrogen-bond acceptors (Lipinski definition) is 7. The summed E-state index contributed by atoms with van der Waals surface area (Å²) in [5.41, 5.74) is 8.17. The van der Waals surface area contributed by atoms with Crippen molar-refractivity contribution in [1.29, 1.82) is 0 Å². The van der Waals surface area contributed by atoms with Crippen molar-refractivity contribution in [1.82, 2.24) is 29.5 Å². The third-order valence-electron chi connectivity index (χ3n) is 7.64. The average Bonchev–Trinajstić information content (AvgIpc) is 3.37. The van der Waals surface area contributed by atoms with Crippen LogP contribution < -0.4 is 10.5 Å². The fourth-order valence-electron chi connectivity index (χ4n) is 4.86. The SMILES string of the molecule is [C-]#[N+]/C(=C\C(C)(C)N(C)C)C(=O)N1CCC[C@@H](n2nc(-c3ccc(Oc4ccccc4)cc3)c3c(N)ncnc32)C1. The van der Waals surface area contributed by atoms with Crippen LogP contribution in [0.25, 0.3) is 27.1 Å². The molecule has 1 aliphatic rings. The zero-order valence-corrected chi connectivity index (χ0v) is 23.8. The van der Waals surface area contributed by atoms with E-state index in [4.69, 9.17) is 22.1 Å². The molecular formula is C31H34N8O2. The van der Waals surface area contributed by atoms with E-state index in [1.54, 1.807) is 11.0 Å². The largest absolute Gasteiger partial charge is 0.457 e. The first-order chi connectivity index (χ1) is 19.7. The van der Waals surface area contributed by atoms with Gasteiger partial charge in [-0.3, -0.25) is 4.79 Å². The van der Waals surface area contributed by atoms with Crippen molar-refractivity contribution < 1.29 is 9.53 Å². The second kappa shape index (κ2) is 11.4. The number of carbonyl (C=O) groups is 1. The molecule has 41 heavy (non-hydrogen) atoms. The number of hydrogen-bond donors (Lipinski definition) is 1. The molecule has 2 aromatic heterocycles. The minimum absolute atomic E-state index is 0.125. The van der Waals surface area contributed by atoms with Crippen LogP contribution in [-0.4, -0.2) is 68.2 Å². The lowest BCUT2D eigenvalue weighted by Gasteiger charge is -2.34. The summed E-state index contributed by atoms with van der Waals surface area (Å²) in [5.74, 6) is 1.54. The number of rotatable bonds is 7. The summed E-state index contributed by atoms with van der Waals surface area (Å²) in [7, 11) is 3.86. The number of aromatic nitrogens is 4. The highest BCUT2D eigenvalue weighted by Gasteiger charge is 2.31. The Morgan fingerprint density at radius 2 is 1.83 bits per heavy atom. The maximum atomic E-state index is 13.5. The van der Waals surface area contributed by atoms with Crippen LogP contribution >= 0.6 is 0 Å². The van der Waals surface area contributed by atoms with Crippen LogP contribution in [0.2, 0.25) is 0 Å². The molecule has 4 aromatic rings. The Bertz CT molecular complexity index is 1620. The van der Waals surface area contributed by atoms with Gasteiger partial charge in [-0.2, -0.15) is 5.10 Å². The van der Waals surface area contributed by atoms with Crippen LogP contribution in [0.15, 0.2) is 72.7 Å². The summed E-state index contributed by atoms with van der Waals surface area (Å²) in [5, 5.41) is 5.64. The standard InChI is InChI=1S/C31H34N8O2/c1-31(2,37(4)5)18-25(33-3)30(40)38-17-9-10-22(19-38)39-29-26(28(32)34-20-35-29)27(36-39)21-13-15-24(16-14-21)41-23-11-7-6-8-12-23/h6-8,11-16,18,20,22H,9-10,17,19H2,1-2,4-5H3,(H2,32,34,35)/b25-18-/t22-/m1/s1. The molecule has 0 spiro atoms. The van der Waals surface area contributed by atoms with Crippen LogP contribution in [0.4, 0.5) is 5.82 Å². The number of fused-ring (bicyclic) bond motifs is 1. The van der Waals surface area contributed by atoms with Gasteiger partial charge in [0.2, 0.25) is 5.70 Å². The second-order valence-corrected chi connectivity index (χ2v) is 10.9. The predicted octanol–water partition coefficient (Wildman–Crippen LogP) is 5.17. The number of amides is 1. The minimum atomic E-state index is -0.437. The Kier molecular flexibility index (Phi) is 7.72. The summed E-state index contributed by atoms with van der Waals surface area (Å²) < 4.78 is 7.81. The molecular weight excluding hydrogens is 516 g/mol. The van der Waals surface area contributed by atoms with Crippen molar-refractivity contribution in [3.63, 3.8) is 0 Å². The van der Waals surface area contributed by atoms with E-state index in [9.17, 15) is 4.79 Å². The van der Waals surface area contributed by atoms with Gasteiger partial charge in [0.15, 0.2) is 5.65 Å². The normalized spacial score (nSPS) is 16.1. The number of nitrogen functional groups attached to an aromatic ring is 1. The zero-order valence-electron chi connectivity index (χ0n) is 23.8. The highest BCUT2D eigenvalue weighted by Crippen LogP contribution is 2.35. The highest BCUT2D eigenvalue weighted by molar-refractivity contribution is 5.98. The van der Waals surface area contributed by atoms with Crippen molar-refractivity contribution in [3.05, 3.63) is 84.1 Å². The number of carbonyl (C=O) groups excluding carboxylic acids is 1. The van der Waals surface area contributed by atoms with Gasteiger partial charge in [-0.15, -0.1) is 0 Å². The molecule has 0 saturated carbocycles. The Balaban J connectivity index is 1.44. The Morgan fingerprint density at radius 1 is 1.12 bits per heavy atom. The first kappa shape index (κ1) is 27.8. The second-order valence-electron chi connectivity index (χ2n) is 10.9. The van der Waals surface area contributed by atoms with Gasteiger partial charge in [0, 0.05) is 24.2 Å². The van der Waals surface area contributed by atoms with Crippen LogP contribution in [0, 0.1) is 6.57 Å². The van der Waals surface area contributed by atoms with Gasteiger partial charge in [-0.05, 0) is 77.2 Å². The van der Waals surface area contributed by atoms with E-state index in [-0.39, 0.29) is 17.6 Å². The number of para-hydroxylation sites is 1. The number of anilines is 1. The van der Waals surface area contributed by atoms with Crippen LogP contribution in [0.5, 0.6) is 11.5 Å². The quantitative estimate of drug-likeness (QED) is 0.250. The van der Waals surface area contributed by atoms with E-state index < -0.39 is 5.54 Å². The average molecular weight is 551 g/mol. The van der Waals surface area contributed by atoms with E-state index >= 15 is 0 Å². The van der Waals surface area contributed by atoms with E-state index in [0.29, 0.717) is 41.4 Å². The molecule has 1 amide bonds. The molecule has 1 aliphatic heterocycles. The number of likely N-dealkylation sites (N-methyl/N-ethyl adjacent to an activating group) is 1. The number of piperidine rings is 1. The van der Waals surface area contributed by atoms with Gasteiger partial charge in [0.05, 0.1) is 18.0 Å². The summed E-state index contributed by atoms with van der Waals surface area (Å²) in [6, 6.07) is 17.1. The van der Waals surface area contributed by atoms with Gasteiger partial charge >= 0.3 is 0 Å². The van der Waals surface area contributed by atoms with E-state index in [0.717, 1.165) is 24.2 Å². The molecule has 2 aromatic carbocycles. The molecule has 0 unspecified atom stereocenters. The molecule has 0 bridgehead atoms. The summed E-state index contributed by atoms with van der Waals surface area (Å²) in [6.07, 6.45) is 4.77. The van der Waals surface area contributed by atoms with Gasteiger partial charge in [-0.1, -0.05) is 24.3 Å². The topological polar surface area (TPSA) is 107 Å². The molecule has 1 saturated heterocycles. The third-order valence-corrected chi connectivity index (χ3v) is 7.64. The van der Waals surface area contributed by atoms with Gasteiger partial charge < -0.3 is 20.3 Å². The maximum absolute atomic E-state index is 13.5. The fraction of sp³-hybridized carbons (Fsp3) is 0.323. The molecule has 0 radical (unpaired) electrons. The Morgan fingerprint density at radius 3 is 2.51 bits per heavy atom. The Labute approximate surface area is 239 Å². The number of likely N-dealkylation sites (tertiary alicyclic amines) is 1. The van der Waals surface area contributed by atoms with Crippen LogP contribution in [-0.2, 0) is 4.79 Å². The third kappa shape index (κ3) is 5.76. The monoisotopic (exact) mass is 550 g/mol. The first-order valence-electron chi connectivity index (χ1n) is 13.6. The lowest BCUT2D eigenvalue weighted by molar-refractivity contribution is -0.128. The van der Waals surface area contributed by atoms with Gasteiger partial charge in [0.25, 0.3) is 5.91 Å². The summed E-state index contributed by atoms with van der Waals surface area (Å²) >= 11 is 0. The van der Waals surface area contributed by atoms with Gasteiger partial charge in [-0.25, -0.2) is 19.5 Å². The lowest BCUT2D eigenvalue weighted by atomic mass is 10.0. The highest BCUT2D eigenvalue weighted by atomic mass is 16.5. The van der Waals surface area contributed by atoms with Crippen molar-refractivity contribution in [3.8, 4) is 22.8 Å². The molecule has 1 fully saturated rings. The van der Waals surface area contributed by atoms with E-state index in [1.165, 1.54) is 6.33 Å². The number of nitrogens with two attached hydrogens (primary N) is 1. The minimum Gasteiger partial charge on any atom is -0.457 e. The lowest BCUT2D eigenvalue weighted by Crippen LogP contribution is -2.42. The zero-order chi connectivity index (χ0) is 29.1. The van der Waals surface area contributed by atoms with E-state index in [2.05, 4.69) is 14.8 Å². The predicted molar refractivity (Wildman–Crippen MR) is 159 cm³/mol. The fourth-order valence-corrected chi connectivity index (χ4v) is 4.86. The van der Waals surface area contributed by atoms with Gasteiger partial charge in [0.1, 0.15) is 29.3 Å². The summed E-state index contributed by atoms with van der Waals surface area (Å²) in [6.45, 7) is 12.6. The first-order valence-corrected chi connectivity index (χ1v) is 13.6. The van der Waals surface area contributed by atoms with Crippen molar-refractivity contribution in [2.24, 2.45) is 0 Å².